The van der Waals surface area contributed by atoms with Crippen molar-refractivity contribution < 1.29 is 9.53 Å². The summed E-state index contributed by atoms with van der Waals surface area (Å²) < 4.78 is 6.33. The number of esters is 1. The van der Waals surface area contributed by atoms with Gasteiger partial charge >= 0.3 is 5.97 Å². The van der Waals surface area contributed by atoms with E-state index in [9.17, 15) is 4.79 Å². The van der Waals surface area contributed by atoms with E-state index >= 15 is 0 Å². The molecular weight excluding hydrogens is 389 g/mol. The van der Waals surface area contributed by atoms with Crippen LogP contribution in [0.2, 0.25) is 0 Å². The molecule has 22 heavy (non-hydrogen) atoms. The number of allylic oxidation sites excluding steroid dienone is 2. The number of nitrogens with zero attached hydrogens (tertiary/aromatic N) is 1. The molecule has 0 spiro atoms. The minimum atomic E-state index is -0.425. The van der Waals surface area contributed by atoms with Crippen molar-refractivity contribution in [2.24, 2.45) is 4.99 Å². The summed E-state index contributed by atoms with van der Waals surface area (Å²) in [5.41, 5.74) is 2.16. The van der Waals surface area contributed by atoms with E-state index in [1.807, 2.05) is 60.7 Å². The minimum absolute atomic E-state index is 0.306. The molecule has 1 aliphatic heterocycles. The number of halogens is 1. The van der Waals surface area contributed by atoms with Crippen LogP contribution in [0.15, 0.2) is 77.4 Å². The predicted octanol–water partition coefficient (Wildman–Crippen LogP) is 4.19. The Hall–Kier alpha value is -2.21. The molecule has 0 amide bonds. The molecule has 0 unspecified atom stereocenters. The van der Waals surface area contributed by atoms with Crippen molar-refractivity contribution in [1.29, 1.82) is 0 Å². The molecule has 1 heterocycles. The number of hydrogen-bond acceptors (Lipinski definition) is 3. The SMILES string of the molecule is O=C1OC(c2ccc(I)cc2)=N/C1=C/C=C/c1ccccc1. The first kappa shape index (κ1) is 14.7. The Balaban J connectivity index is 1.79. The Morgan fingerprint density at radius 1 is 1.00 bits per heavy atom. The summed E-state index contributed by atoms with van der Waals surface area (Å²) in [4.78, 5) is 16.1. The molecule has 0 bridgehead atoms. The lowest BCUT2D eigenvalue weighted by Crippen LogP contribution is -2.05. The fourth-order valence-electron chi connectivity index (χ4n) is 1.95. The van der Waals surface area contributed by atoms with E-state index in [-0.39, 0.29) is 0 Å². The van der Waals surface area contributed by atoms with Crippen LogP contribution in [0.5, 0.6) is 0 Å². The lowest BCUT2D eigenvalue weighted by Gasteiger charge is -1.98. The molecule has 0 saturated carbocycles. The molecule has 2 aromatic rings. The van der Waals surface area contributed by atoms with Crippen LogP contribution in [-0.4, -0.2) is 11.9 Å². The van der Waals surface area contributed by atoms with Crippen LogP contribution in [0.25, 0.3) is 6.08 Å². The highest BCUT2D eigenvalue weighted by Crippen LogP contribution is 2.17. The van der Waals surface area contributed by atoms with Crippen molar-refractivity contribution in [1.82, 2.24) is 0 Å². The summed E-state index contributed by atoms with van der Waals surface area (Å²) in [6.07, 6.45) is 5.37. The molecule has 0 N–H and O–H groups in total. The fourth-order valence-corrected chi connectivity index (χ4v) is 2.31. The van der Waals surface area contributed by atoms with Crippen molar-refractivity contribution in [3.63, 3.8) is 0 Å². The largest absolute Gasteiger partial charge is 0.402 e. The normalized spacial score (nSPS) is 16.1. The highest BCUT2D eigenvalue weighted by Gasteiger charge is 2.23. The van der Waals surface area contributed by atoms with Crippen molar-refractivity contribution in [3.8, 4) is 0 Å². The molecular formula is C18H12INO2. The zero-order valence-corrected chi connectivity index (χ0v) is 13.7. The lowest BCUT2D eigenvalue weighted by molar-refractivity contribution is -0.130. The second kappa shape index (κ2) is 6.70. The van der Waals surface area contributed by atoms with Gasteiger partial charge in [0, 0.05) is 9.13 Å². The molecule has 0 aliphatic carbocycles. The number of rotatable bonds is 3. The highest BCUT2D eigenvalue weighted by molar-refractivity contribution is 14.1. The first-order valence-corrected chi connectivity index (χ1v) is 7.80. The van der Waals surface area contributed by atoms with Gasteiger partial charge in [-0.05, 0) is 58.5 Å². The van der Waals surface area contributed by atoms with E-state index in [4.69, 9.17) is 4.74 Å². The van der Waals surface area contributed by atoms with Gasteiger partial charge in [-0.3, -0.25) is 0 Å². The smallest absolute Gasteiger partial charge is 0.363 e. The number of cyclic esters (lactones) is 1. The van der Waals surface area contributed by atoms with Gasteiger partial charge in [0.25, 0.3) is 0 Å². The van der Waals surface area contributed by atoms with E-state index in [1.54, 1.807) is 12.2 Å². The van der Waals surface area contributed by atoms with Crippen LogP contribution in [0.1, 0.15) is 11.1 Å². The molecule has 1 aliphatic rings. The van der Waals surface area contributed by atoms with Gasteiger partial charge in [-0.1, -0.05) is 42.5 Å². The van der Waals surface area contributed by atoms with Crippen LogP contribution in [-0.2, 0) is 9.53 Å². The molecule has 3 rings (SSSR count). The minimum Gasteiger partial charge on any atom is -0.402 e. The van der Waals surface area contributed by atoms with E-state index in [2.05, 4.69) is 27.6 Å². The average Bonchev–Trinajstić information content (AvgIpc) is 2.90. The van der Waals surface area contributed by atoms with Gasteiger partial charge in [-0.15, -0.1) is 0 Å². The van der Waals surface area contributed by atoms with Crippen LogP contribution in [0.3, 0.4) is 0 Å². The molecule has 0 saturated heterocycles. The zero-order chi connectivity index (χ0) is 15.4. The third kappa shape index (κ3) is 3.51. The lowest BCUT2D eigenvalue weighted by atomic mass is 10.2. The van der Waals surface area contributed by atoms with Crippen LogP contribution >= 0.6 is 22.6 Å². The molecule has 2 aromatic carbocycles. The Morgan fingerprint density at radius 2 is 1.73 bits per heavy atom. The maximum Gasteiger partial charge on any atom is 0.363 e. The maximum absolute atomic E-state index is 11.8. The van der Waals surface area contributed by atoms with Gasteiger partial charge in [0.2, 0.25) is 5.90 Å². The Labute approximate surface area is 142 Å². The Kier molecular flexibility index (Phi) is 4.48. The number of benzene rings is 2. The third-order valence-corrected chi connectivity index (χ3v) is 3.77. The standard InChI is InChI=1S/C18H12INO2/c19-15-11-9-14(10-12-15)17-20-16(18(21)22-17)8-4-7-13-5-2-1-3-6-13/h1-12H/b7-4+,16-8+. The Morgan fingerprint density at radius 3 is 2.45 bits per heavy atom. The van der Waals surface area contributed by atoms with Gasteiger partial charge in [0.15, 0.2) is 5.70 Å². The van der Waals surface area contributed by atoms with Gasteiger partial charge in [0.1, 0.15) is 0 Å². The van der Waals surface area contributed by atoms with E-state index in [0.717, 1.165) is 14.7 Å². The van der Waals surface area contributed by atoms with Gasteiger partial charge < -0.3 is 4.74 Å². The predicted molar refractivity (Wildman–Crippen MR) is 95.3 cm³/mol. The van der Waals surface area contributed by atoms with Crippen LogP contribution in [0, 0.1) is 3.57 Å². The van der Waals surface area contributed by atoms with Gasteiger partial charge in [0.05, 0.1) is 0 Å². The number of hydrogen-bond donors (Lipinski definition) is 0. The van der Waals surface area contributed by atoms with E-state index in [1.165, 1.54) is 0 Å². The summed E-state index contributed by atoms with van der Waals surface area (Å²) in [6.45, 7) is 0. The van der Waals surface area contributed by atoms with Gasteiger partial charge in [-0.2, -0.15) is 0 Å². The quantitative estimate of drug-likeness (QED) is 0.440. The molecule has 3 nitrogen and oxygen atoms in total. The number of ether oxygens (including phenoxy) is 1. The highest BCUT2D eigenvalue weighted by atomic mass is 127. The van der Waals surface area contributed by atoms with E-state index in [0.29, 0.717) is 11.6 Å². The molecule has 0 radical (unpaired) electrons. The maximum atomic E-state index is 11.8. The summed E-state index contributed by atoms with van der Waals surface area (Å²) in [5, 5.41) is 0. The monoisotopic (exact) mass is 401 g/mol. The van der Waals surface area contributed by atoms with Gasteiger partial charge in [-0.25, -0.2) is 9.79 Å². The van der Waals surface area contributed by atoms with Crippen LogP contribution in [0.4, 0.5) is 0 Å². The first-order valence-electron chi connectivity index (χ1n) is 6.72. The summed E-state index contributed by atoms with van der Waals surface area (Å²) in [5.74, 6) is -0.0768. The summed E-state index contributed by atoms with van der Waals surface area (Å²) in [6, 6.07) is 17.5. The molecule has 108 valence electrons. The van der Waals surface area contributed by atoms with E-state index < -0.39 is 5.97 Å². The number of carbonyl (C=O) groups is 1. The third-order valence-electron chi connectivity index (χ3n) is 3.05. The molecule has 0 aromatic heterocycles. The summed E-state index contributed by atoms with van der Waals surface area (Å²) >= 11 is 2.22. The van der Waals surface area contributed by atoms with Crippen molar-refractivity contribution in [2.45, 2.75) is 0 Å². The Bertz CT molecular complexity index is 774. The van der Waals surface area contributed by atoms with Crippen molar-refractivity contribution in [2.75, 3.05) is 0 Å². The topological polar surface area (TPSA) is 38.7 Å². The summed E-state index contributed by atoms with van der Waals surface area (Å²) in [7, 11) is 0. The molecule has 0 fully saturated rings. The first-order chi connectivity index (χ1) is 10.7. The zero-order valence-electron chi connectivity index (χ0n) is 11.6. The second-order valence-electron chi connectivity index (χ2n) is 4.64. The van der Waals surface area contributed by atoms with Crippen molar-refractivity contribution in [3.05, 3.63) is 87.1 Å². The number of aliphatic imine (C=N–C) groups is 1. The molecule has 0 atom stereocenters. The van der Waals surface area contributed by atoms with Crippen LogP contribution < -0.4 is 0 Å². The molecule has 4 heteroatoms. The average molecular weight is 401 g/mol. The fraction of sp³-hybridized carbons (Fsp3) is 0. The number of carbonyl (C=O) groups excluding carboxylic acids is 1. The second-order valence-corrected chi connectivity index (χ2v) is 5.88. The van der Waals surface area contributed by atoms with Crippen molar-refractivity contribution >= 4 is 40.5 Å².